The highest BCUT2D eigenvalue weighted by atomic mass is 35.5. The van der Waals surface area contributed by atoms with Crippen LogP contribution in [0.25, 0.3) is 0 Å². The molecule has 0 saturated carbocycles. The van der Waals surface area contributed by atoms with Crippen LogP contribution in [0.15, 0.2) is 48.5 Å². The summed E-state index contributed by atoms with van der Waals surface area (Å²) in [6.07, 6.45) is 1.98. The van der Waals surface area contributed by atoms with E-state index in [0.717, 1.165) is 25.1 Å². The molecule has 5 heteroatoms. The molecule has 1 heterocycles. The average Bonchev–Trinajstić information content (AvgIpc) is 2.98. The van der Waals surface area contributed by atoms with Crippen molar-refractivity contribution in [3.8, 4) is 11.5 Å². The molecule has 0 unspecified atom stereocenters. The van der Waals surface area contributed by atoms with Gasteiger partial charge in [-0.25, -0.2) is 0 Å². The number of likely N-dealkylation sites (N-methyl/N-ethyl adjacent to an activating group) is 1. The fourth-order valence-electron chi connectivity index (χ4n) is 2.73. The van der Waals surface area contributed by atoms with Gasteiger partial charge in [0, 0.05) is 5.69 Å². The van der Waals surface area contributed by atoms with Gasteiger partial charge in [0.2, 0.25) is 5.91 Å². The van der Waals surface area contributed by atoms with Crippen LogP contribution in [0.3, 0.4) is 0 Å². The Morgan fingerprint density at radius 2 is 1.96 bits per heavy atom. The maximum atomic E-state index is 12.2. The lowest BCUT2D eigenvalue weighted by atomic mass is 10.2. The van der Waals surface area contributed by atoms with E-state index in [9.17, 15) is 4.79 Å². The zero-order chi connectivity index (χ0) is 16.2. The first kappa shape index (κ1) is 15.8. The highest BCUT2D eigenvalue weighted by molar-refractivity contribution is 6.32. The van der Waals surface area contributed by atoms with Gasteiger partial charge < -0.3 is 10.1 Å². The second kappa shape index (κ2) is 7.02. The third kappa shape index (κ3) is 3.84. The normalized spacial score (nSPS) is 17.9. The average molecular weight is 331 g/mol. The van der Waals surface area contributed by atoms with E-state index in [1.165, 1.54) is 0 Å². The maximum Gasteiger partial charge on any atom is 0.241 e. The quantitative estimate of drug-likeness (QED) is 0.915. The Labute approximate surface area is 141 Å². The molecule has 23 heavy (non-hydrogen) atoms. The molecule has 4 nitrogen and oxygen atoms in total. The topological polar surface area (TPSA) is 41.6 Å². The van der Waals surface area contributed by atoms with Crippen molar-refractivity contribution in [2.45, 2.75) is 18.9 Å². The van der Waals surface area contributed by atoms with Crippen LogP contribution in [0, 0.1) is 0 Å². The number of nitrogens with zero attached hydrogens (tertiary/aromatic N) is 1. The molecule has 0 spiro atoms. The molecule has 2 aromatic rings. The molecule has 1 fully saturated rings. The molecule has 1 aliphatic heterocycles. The largest absolute Gasteiger partial charge is 0.456 e. The third-order valence-electron chi connectivity index (χ3n) is 4.01. The Morgan fingerprint density at radius 3 is 2.61 bits per heavy atom. The van der Waals surface area contributed by atoms with E-state index in [2.05, 4.69) is 10.2 Å². The second-order valence-corrected chi connectivity index (χ2v) is 6.09. The molecular weight excluding hydrogens is 312 g/mol. The minimum Gasteiger partial charge on any atom is -0.456 e. The Morgan fingerprint density at radius 1 is 1.22 bits per heavy atom. The number of likely N-dealkylation sites (tertiary alicyclic amines) is 1. The number of nitrogens with one attached hydrogen (secondary N) is 1. The summed E-state index contributed by atoms with van der Waals surface area (Å²) < 4.78 is 5.73. The molecule has 2 aromatic carbocycles. The first-order valence-electron chi connectivity index (χ1n) is 7.67. The lowest BCUT2D eigenvalue weighted by Crippen LogP contribution is -2.37. The molecule has 0 radical (unpaired) electrons. The monoisotopic (exact) mass is 330 g/mol. The third-order valence-corrected chi connectivity index (χ3v) is 4.32. The van der Waals surface area contributed by atoms with Crippen LogP contribution in [0.1, 0.15) is 12.8 Å². The summed E-state index contributed by atoms with van der Waals surface area (Å²) >= 11 is 6.07. The first-order chi connectivity index (χ1) is 11.1. The number of rotatable bonds is 4. The van der Waals surface area contributed by atoms with Crippen molar-refractivity contribution >= 4 is 23.2 Å². The number of ether oxygens (including phenoxy) is 1. The van der Waals surface area contributed by atoms with Crippen LogP contribution >= 0.6 is 11.6 Å². The second-order valence-electron chi connectivity index (χ2n) is 5.68. The van der Waals surface area contributed by atoms with Crippen molar-refractivity contribution in [1.82, 2.24) is 4.90 Å². The van der Waals surface area contributed by atoms with Gasteiger partial charge in [-0.2, -0.15) is 0 Å². The highest BCUT2D eigenvalue weighted by Crippen LogP contribution is 2.29. The van der Waals surface area contributed by atoms with Gasteiger partial charge in [-0.05, 0) is 62.8 Å². The van der Waals surface area contributed by atoms with Crippen LogP contribution < -0.4 is 10.1 Å². The molecule has 120 valence electrons. The number of carbonyl (C=O) groups excluding carboxylic acids is 1. The van der Waals surface area contributed by atoms with Gasteiger partial charge in [0.1, 0.15) is 11.5 Å². The lowest BCUT2D eigenvalue weighted by molar-refractivity contribution is -0.119. The standard InChI is InChI=1S/C18H19ClN2O2/c1-21-12-4-6-16(21)18(22)20-13-8-10-14(11-9-13)23-17-7-3-2-5-15(17)19/h2-3,5,7-11,16H,4,6,12H2,1H3,(H,20,22)/t16-/m0/s1. The van der Waals surface area contributed by atoms with E-state index in [1.54, 1.807) is 6.07 Å². The molecule has 0 aromatic heterocycles. The summed E-state index contributed by atoms with van der Waals surface area (Å²) in [6, 6.07) is 14.6. The van der Waals surface area contributed by atoms with Crippen molar-refractivity contribution < 1.29 is 9.53 Å². The van der Waals surface area contributed by atoms with E-state index in [-0.39, 0.29) is 11.9 Å². The zero-order valence-corrected chi connectivity index (χ0v) is 13.7. The predicted molar refractivity (Wildman–Crippen MR) is 92.2 cm³/mol. The molecule has 1 aliphatic rings. The number of carbonyl (C=O) groups is 1. The summed E-state index contributed by atoms with van der Waals surface area (Å²) in [5.74, 6) is 1.33. The van der Waals surface area contributed by atoms with E-state index < -0.39 is 0 Å². The van der Waals surface area contributed by atoms with Gasteiger partial charge in [0.25, 0.3) is 0 Å². The van der Waals surface area contributed by atoms with Gasteiger partial charge >= 0.3 is 0 Å². The number of benzene rings is 2. The van der Waals surface area contributed by atoms with Crippen LogP contribution in [0.2, 0.25) is 5.02 Å². The molecule has 1 atom stereocenters. The van der Waals surface area contributed by atoms with E-state index in [1.807, 2.05) is 49.5 Å². The summed E-state index contributed by atoms with van der Waals surface area (Å²) in [6.45, 7) is 0.975. The van der Waals surface area contributed by atoms with Crippen molar-refractivity contribution in [2.24, 2.45) is 0 Å². The number of para-hydroxylation sites is 1. The van der Waals surface area contributed by atoms with Gasteiger partial charge in [-0.3, -0.25) is 9.69 Å². The smallest absolute Gasteiger partial charge is 0.241 e. The summed E-state index contributed by atoms with van der Waals surface area (Å²) in [5, 5.41) is 3.52. The Balaban J connectivity index is 1.63. The fraction of sp³-hybridized carbons (Fsp3) is 0.278. The van der Waals surface area contributed by atoms with E-state index in [0.29, 0.717) is 16.5 Å². The summed E-state index contributed by atoms with van der Waals surface area (Å²) in [7, 11) is 1.98. The predicted octanol–water partition coefficient (Wildman–Crippen LogP) is 4.17. The number of halogens is 1. The molecule has 3 rings (SSSR count). The van der Waals surface area contributed by atoms with Gasteiger partial charge in [-0.1, -0.05) is 23.7 Å². The van der Waals surface area contributed by atoms with Crippen molar-refractivity contribution in [1.29, 1.82) is 0 Å². The van der Waals surface area contributed by atoms with Crippen LogP contribution in [0.5, 0.6) is 11.5 Å². The molecule has 1 saturated heterocycles. The fourth-order valence-corrected chi connectivity index (χ4v) is 2.90. The highest BCUT2D eigenvalue weighted by Gasteiger charge is 2.27. The zero-order valence-electron chi connectivity index (χ0n) is 13.0. The Kier molecular flexibility index (Phi) is 4.84. The lowest BCUT2D eigenvalue weighted by Gasteiger charge is -2.18. The Hall–Kier alpha value is -2.04. The van der Waals surface area contributed by atoms with Crippen molar-refractivity contribution in [3.05, 3.63) is 53.6 Å². The summed E-state index contributed by atoms with van der Waals surface area (Å²) in [4.78, 5) is 14.3. The van der Waals surface area contributed by atoms with E-state index >= 15 is 0 Å². The number of hydrogen-bond donors (Lipinski definition) is 1. The number of amides is 1. The van der Waals surface area contributed by atoms with E-state index in [4.69, 9.17) is 16.3 Å². The van der Waals surface area contributed by atoms with Gasteiger partial charge in [-0.15, -0.1) is 0 Å². The molecule has 0 aliphatic carbocycles. The molecular formula is C18H19ClN2O2. The van der Waals surface area contributed by atoms with Gasteiger partial charge in [0.05, 0.1) is 11.1 Å². The molecule has 1 amide bonds. The van der Waals surface area contributed by atoms with Crippen molar-refractivity contribution in [3.63, 3.8) is 0 Å². The molecule has 1 N–H and O–H groups in total. The number of hydrogen-bond acceptors (Lipinski definition) is 3. The minimum absolute atomic E-state index is 0.0333. The first-order valence-corrected chi connectivity index (χ1v) is 8.05. The number of anilines is 1. The SMILES string of the molecule is CN1CCC[C@H]1C(=O)Nc1ccc(Oc2ccccc2Cl)cc1. The van der Waals surface area contributed by atoms with Crippen LogP contribution in [-0.4, -0.2) is 30.4 Å². The summed E-state index contributed by atoms with van der Waals surface area (Å²) in [5.41, 5.74) is 0.766. The van der Waals surface area contributed by atoms with Crippen LogP contribution in [-0.2, 0) is 4.79 Å². The van der Waals surface area contributed by atoms with Gasteiger partial charge in [0.15, 0.2) is 0 Å². The minimum atomic E-state index is -0.0333. The van der Waals surface area contributed by atoms with Crippen molar-refractivity contribution in [2.75, 3.05) is 18.9 Å². The maximum absolute atomic E-state index is 12.2. The Bertz CT molecular complexity index is 688. The molecule has 0 bridgehead atoms. The van der Waals surface area contributed by atoms with Crippen LogP contribution in [0.4, 0.5) is 5.69 Å².